The number of hydrogen-bond acceptors (Lipinski definition) is 3. The van der Waals surface area contributed by atoms with E-state index in [0.717, 1.165) is 24.7 Å². The lowest BCUT2D eigenvalue weighted by atomic mass is 10.00. The van der Waals surface area contributed by atoms with Crippen molar-refractivity contribution < 1.29 is 0 Å². The third-order valence-corrected chi connectivity index (χ3v) is 2.60. The van der Waals surface area contributed by atoms with E-state index >= 15 is 0 Å². The average molecular weight is 180 g/mol. The van der Waals surface area contributed by atoms with Gasteiger partial charge in [-0.05, 0) is 31.8 Å². The second kappa shape index (κ2) is 4.37. The van der Waals surface area contributed by atoms with Crippen molar-refractivity contribution in [3.63, 3.8) is 0 Å². The van der Waals surface area contributed by atoms with E-state index in [0.29, 0.717) is 0 Å². The molecule has 1 saturated heterocycles. The third kappa shape index (κ3) is 2.52. The van der Waals surface area contributed by atoms with Gasteiger partial charge < -0.3 is 5.32 Å². The molecule has 72 valence electrons. The zero-order valence-electron chi connectivity index (χ0n) is 7.79. The van der Waals surface area contributed by atoms with Gasteiger partial charge in [-0.1, -0.05) is 6.42 Å². The van der Waals surface area contributed by atoms with Gasteiger partial charge in [0.2, 0.25) is 0 Å². The average Bonchev–Trinajstić information content (AvgIpc) is 2.49. The van der Waals surface area contributed by atoms with Crippen molar-refractivity contribution in [3.05, 3.63) is 12.2 Å². The first-order valence-corrected chi connectivity index (χ1v) is 5.00. The van der Waals surface area contributed by atoms with Gasteiger partial charge in [0.25, 0.3) is 0 Å². The van der Waals surface area contributed by atoms with Crippen LogP contribution in [-0.4, -0.2) is 28.3 Å². The fraction of sp³-hybridized carbons (Fsp3) is 0.778. The van der Waals surface area contributed by atoms with Gasteiger partial charge in [0.15, 0.2) is 0 Å². The predicted octanol–water partition coefficient (Wildman–Crippen LogP) is 0.737. The second-order valence-corrected chi connectivity index (χ2v) is 3.70. The van der Waals surface area contributed by atoms with Crippen LogP contribution in [0.4, 0.5) is 0 Å². The molecule has 0 saturated carbocycles. The Morgan fingerprint density at radius 3 is 3.31 bits per heavy atom. The van der Waals surface area contributed by atoms with Crippen molar-refractivity contribution in [1.29, 1.82) is 0 Å². The van der Waals surface area contributed by atoms with E-state index in [1.54, 1.807) is 6.33 Å². The van der Waals surface area contributed by atoms with Gasteiger partial charge >= 0.3 is 0 Å². The van der Waals surface area contributed by atoms with Gasteiger partial charge in [-0.3, -0.25) is 5.10 Å². The summed E-state index contributed by atoms with van der Waals surface area (Å²) in [5, 5.41) is 10.2. The van der Waals surface area contributed by atoms with Crippen molar-refractivity contribution >= 4 is 0 Å². The largest absolute Gasteiger partial charge is 0.316 e. The molecular weight excluding hydrogens is 164 g/mol. The van der Waals surface area contributed by atoms with E-state index in [9.17, 15) is 0 Å². The molecule has 0 spiro atoms. The molecule has 2 rings (SSSR count). The summed E-state index contributed by atoms with van der Waals surface area (Å²) >= 11 is 0. The summed E-state index contributed by atoms with van der Waals surface area (Å²) in [5.74, 6) is 1.75. The molecule has 0 amide bonds. The highest BCUT2D eigenvalue weighted by atomic mass is 15.2. The Morgan fingerprint density at radius 1 is 1.46 bits per heavy atom. The highest BCUT2D eigenvalue weighted by Crippen LogP contribution is 2.14. The van der Waals surface area contributed by atoms with Gasteiger partial charge in [0.1, 0.15) is 12.2 Å². The normalized spacial score (nSPS) is 24.2. The van der Waals surface area contributed by atoms with Crippen molar-refractivity contribution in [2.75, 3.05) is 13.1 Å². The van der Waals surface area contributed by atoms with Crippen LogP contribution in [0, 0.1) is 5.92 Å². The maximum absolute atomic E-state index is 4.15. The fourth-order valence-electron chi connectivity index (χ4n) is 1.87. The zero-order chi connectivity index (χ0) is 8.93. The molecule has 13 heavy (non-hydrogen) atoms. The number of H-pyrrole nitrogens is 1. The van der Waals surface area contributed by atoms with Crippen LogP contribution in [0.5, 0.6) is 0 Å². The summed E-state index contributed by atoms with van der Waals surface area (Å²) < 4.78 is 0. The summed E-state index contributed by atoms with van der Waals surface area (Å²) in [6, 6.07) is 0. The van der Waals surface area contributed by atoms with E-state index < -0.39 is 0 Å². The zero-order valence-corrected chi connectivity index (χ0v) is 7.79. The monoisotopic (exact) mass is 180 g/mol. The number of nitrogens with zero attached hydrogens (tertiary/aromatic N) is 2. The summed E-state index contributed by atoms with van der Waals surface area (Å²) in [6.45, 7) is 2.30. The van der Waals surface area contributed by atoms with Crippen LogP contribution in [0.25, 0.3) is 0 Å². The van der Waals surface area contributed by atoms with Gasteiger partial charge in [-0.15, -0.1) is 0 Å². The molecule has 2 heterocycles. The molecule has 4 nitrogen and oxygen atoms in total. The Hall–Kier alpha value is -0.900. The molecule has 1 aliphatic rings. The maximum Gasteiger partial charge on any atom is 0.137 e. The Morgan fingerprint density at radius 2 is 2.46 bits per heavy atom. The molecule has 1 aromatic rings. The number of hydrogen-bond donors (Lipinski definition) is 2. The number of aromatic nitrogens is 3. The quantitative estimate of drug-likeness (QED) is 0.705. The molecule has 4 heteroatoms. The van der Waals surface area contributed by atoms with Gasteiger partial charge in [-0.2, -0.15) is 5.10 Å². The Labute approximate surface area is 78.1 Å². The molecule has 0 radical (unpaired) electrons. The van der Waals surface area contributed by atoms with E-state index in [-0.39, 0.29) is 0 Å². The first-order chi connectivity index (χ1) is 6.45. The highest BCUT2D eigenvalue weighted by molar-refractivity contribution is 4.84. The molecule has 0 aromatic carbocycles. The van der Waals surface area contributed by atoms with Crippen LogP contribution in [0.1, 0.15) is 25.1 Å². The Balaban J connectivity index is 1.86. The van der Waals surface area contributed by atoms with Gasteiger partial charge in [-0.25, -0.2) is 4.98 Å². The minimum absolute atomic E-state index is 0.732. The van der Waals surface area contributed by atoms with Crippen LogP contribution in [-0.2, 0) is 6.42 Å². The Bertz CT molecular complexity index is 224. The summed E-state index contributed by atoms with van der Waals surface area (Å²) in [4.78, 5) is 4.15. The minimum atomic E-state index is 0.732. The van der Waals surface area contributed by atoms with Gasteiger partial charge in [0, 0.05) is 6.42 Å². The summed E-state index contributed by atoms with van der Waals surface area (Å²) in [5.41, 5.74) is 0. The van der Waals surface area contributed by atoms with Gasteiger partial charge in [0.05, 0.1) is 0 Å². The van der Waals surface area contributed by atoms with E-state index in [1.165, 1.54) is 25.8 Å². The fourth-order valence-corrected chi connectivity index (χ4v) is 1.87. The van der Waals surface area contributed by atoms with Crippen molar-refractivity contribution in [1.82, 2.24) is 20.5 Å². The molecule has 1 unspecified atom stereocenters. The smallest absolute Gasteiger partial charge is 0.137 e. The molecule has 1 fully saturated rings. The van der Waals surface area contributed by atoms with E-state index in [4.69, 9.17) is 0 Å². The van der Waals surface area contributed by atoms with Crippen LogP contribution in [0.15, 0.2) is 6.33 Å². The van der Waals surface area contributed by atoms with E-state index in [1.807, 2.05) is 0 Å². The lowest BCUT2D eigenvalue weighted by Gasteiger charge is -2.11. The third-order valence-electron chi connectivity index (χ3n) is 2.60. The molecule has 1 aliphatic heterocycles. The minimum Gasteiger partial charge on any atom is -0.316 e. The summed E-state index contributed by atoms with van der Waals surface area (Å²) in [6.07, 6.45) is 6.58. The standard InChI is InChI=1S/C9H16N4/c1-2-4-10-6-8(3-1)5-9-11-7-12-13-9/h7-8,10H,1-6H2,(H,11,12,13). The first kappa shape index (κ1) is 8.69. The SMILES string of the molecule is c1n[nH]c(CC2CCCCNC2)n1. The lowest BCUT2D eigenvalue weighted by Crippen LogP contribution is -2.22. The topological polar surface area (TPSA) is 53.6 Å². The molecule has 2 N–H and O–H groups in total. The lowest BCUT2D eigenvalue weighted by molar-refractivity contribution is 0.467. The number of nitrogens with one attached hydrogen (secondary N) is 2. The van der Waals surface area contributed by atoms with Crippen molar-refractivity contribution in [2.24, 2.45) is 5.92 Å². The van der Waals surface area contributed by atoms with Crippen LogP contribution < -0.4 is 5.32 Å². The summed E-state index contributed by atoms with van der Waals surface area (Å²) in [7, 11) is 0. The molecule has 1 aromatic heterocycles. The Kier molecular flexibility index (Phi) is 2.92. The molecule has 0 aliphatic carbocycles. The van der Waals surface area contributed by atoms with Crippen molar-refractivity contribution in [3.8, 4) is 0 Å². The van der Waals surface area contributed by atoms with E-state index in [2.05, 4.69) is 20.5 Å². The maximum atomic E-state index is 4.15. The van der Waals surface area contributed by atoms with Crippen LogP contribution in [0.3, 0.4) is 0 Å². The predicted molar refractivity (Wildman–Crippen MR) is 50.3 cm³/mol. The van der Waals surface area contributed by atoms with Crippen LogP contribution in [0.2, 0.25) is 0 Å². The van der Waals surface area contributed by atoms with Crippen LogP contribution >= 0.6 is 0 Å². The molecule has 1 atom stereocenters. The highest BCUT2D eigenvalue weighted by Gasteiger charge is 2.13. The number of aromatic amines is 1. The molecular formula is C9H16N4. The second-order valence-electron chi connectivity index (χ2n) is 3.70. The first-order valence-electron chi connectivity index (χ1n) is 5.00. The molecule has 0 bridgehead atoms. The van der Waals surface area contributed by atoms with Crippen molar-refractivity contribution in [2.45, 2.75) is 25.7 Å². The number of rotatable bonds is 2.